The number of hydrogen-bond acceptors (Lipinski definition) is 7. The van der Waals surface area contributed by atoms with Crippen LogP contribution in [0, 0.1) is 6.92 Å². The van der Waals surface area contributed by atoms with Gasteiger partial charge in [-0.15, -0.1) is 11.8 Å². The second kappa shape index (κ2) is 13.5. The minimum atomic E-state index is -0.169. The quantitative estimate of drug-likeness (QED) is 0.130. The number of hydrogen-bond donors (Lipinski definition) is 1. The number of thioether (sulfide) groups is 2. The van der Waals surface area contributed by atoms with Gasteiger partial charge < -0.3 is 9.72 Å². The maximum absolute atomic E-state index is 12.1. The molecule has 0 aliphatic rings. The van der Waals surface area contributed by atoms with E-state index in [1.54, 1.807) is 11.8 Å². The van der Waals surface area contributed by atoms with E-state index >= 15 is 0 Å². The number of fused-ring (bicyclic) bond motifs is 1. The number of aromatic nitrogens is 3. The summed E-state index contributed by atoms with van der Waals surface area (Å²) in [7, 11) is 0. The molecule has 4 aromatic rings. The number of carbonyl (C=O) groups is 1. The molecule has 0 saturated heterocycles. The Labute approximate surface area is 221 Å². The number of nitrogens with zero attached hydrogens (tertiary/aromatic N) is 3. The van der Waals surface area contributed by atoms with Crippen molar-refractivity contribution in [1.29, 1.82) is 0 Å². The molecule has 0 saturated carbocycles. The van der Waals surface area contributed by atoms with E-state index in [-0.39, 0.29) is 5.97 Å². The lowest BCUT2D eigenvalue weighted by Crippen LogP contribution is -2.31. The molecular formula is C28H32N4O2S2. The van der Waals surface area contributed by atoms with E-state index in [4.69, 9.17) is 4.74 Å². The fraction of sp³-hybridized carbons (Fsp3) is 0.321. The van der Waals surface area contributed by atoms with Crippen molar-refractivity contribution in [1.82, 2.24) is 19.9 Å². The van der Waals surface area contributed by atoms with E-state index in [0.717, 1.165) is 52.9 Å². The molecule has 0 radical (unpaired) electrons. The molecule has 0 atom stereocenters. The molecule has 1 N–H and O–H groups in total. The van der Waals surface area contributed by atoms with Crippen LogP contribution in [0.1, 0.15) is 30.2 Å². The number of para-hydroxylation sites is 2. The van der Waals surface area contributed by atoms with Gasteiger partial charge in [-0.05, 0) is 61.9 Å². The zero-order chi connectivity index (χ0) is 25.2. The average molecular weight is 521 g/mol. The number of imidazole rings is 1. The third-order valence-corrected chi connectivity index (χ3v) is 7.89. The van der Waals surface area contributed by atoms with Gasteiger partial charge in [0.05, 0.1) is 29.9 Å². The van der Waals surface area contributed by atoms with Crippen molar-refractivity contribution < 1.29 is 9.53 Å². The maximum atomic E-state index is 12.1. The van der Waals surface area contributed by atoms with Crippen LogP contribution in [0.2, 0.25) is 0 Å². The van der Waals surface area contributed by atoms with Gasteiger partial charge in [-0.2, -0.15) is 0 Å². The zero-order valence-electron chi connectivity index (χ0n) is 20.8. The van der Waals surface area contributed by atoms with Gasteiger partial charge in [-0.1, -0.05) is 54.2 Å². The molecule has 0 amide bonds. The molecule has 0 spiro atoms. The Hall–Kier alpha value is -2.81. The number of pyridine rings is 1. The molecule has 0 aliphatic carbocycles. The van der Waals surface area contributed by atoms with Crippen LogP contribution in [0.4, 0.5) is 0 Å². The average Bonchev–Trinajstić information content (AvgIpc) is 3.30. The summed E-state index contributed by atoms with van der Waals surface area (Å²) in [6, 6.07) is 20.4. The first-order valence-corrected chi connectivity index (χ1v) is 14.2. The fourth-order valence-corrected chi connectivity index (χ4v) is 5.80. The summed E-state index contributed by atoms with van der Waals surface area (Å²) in [5, 5.41) is 0.913. The van der Waals surface area contributed by atoms with Gasteiger partial charge in [0.25, 0.3) is 0 Å². The van der Waals surface area contributed by atoms with Crippen molar-refractivity contribution in [2.75, 3.05) is 25.4 Å². The van der Waals surface area contributed by atoms with Crippen LogP contribution < -0.4 is 0 Å². The lowest BCUT2D eigenvalue weighted by atomic mass is 10.2. The second-order valence-corrected chi connectivity index (χ2v) is 10.5. The molecule has 8 heteroatoms. The van der Waals surface area contributed by atoms with E-state index in [9.17, 15) is 4.79 Å². The summed E-state index contributed by atoms with van der Waals surface area (Å²) in [5.74, 6) is 1.57. The second-order valence-electron chi connectivity index (χ2n) is 8.43. The van der Waals surface area contributed by atoms with Crippen molar-refractivity contribution in [3.05, 3.63) is 83.7 Å². The van der Waals surface area contributed by atoms with Gasteiger partial charge in [0.2, 0.25) is 0 Å². The number of H-pyrrole nitrogens is 1. The van der Waals surface area contributed by atoms with Crippen LogP contribution in [0.3, 0.4) is 0 Å². The van der Waals surface area contributed by atoms with Crippen LogP contribution in [-0.4, -0.2) is 51.3 Å². The lowest BCUT2D eigenvalue weighted by molar-refractivity contribution is -0.144. The summed E-state index contributed by atoms with van der Waals surface area (Å²) in [4.78, 5) is 28.2. The molecule has 4 rings (SSSR count). The number of carbonyl (C=O) groups excluding carboxylic acids is 1. The van der Waals surface area contributed by atoms with E-state index < -0.39 is 0 Å². The van der Waals surface area contributed by atoms with E-state index in [1.165, 1.54) is 16.0 Å². The predicted octanol–water partition coefficient (Wildman–Crippen LogP) is 6.11. The minimum absolute atomic E-state index is 0.169. The SMILES string of the molecule is CCOC(=O)CN(CCCSc1ccnc(CSc2nc3ccccc3[nH]2)c1C)Cc1ccccc1. The van der Waals surface area contributed by atoms with Crippen molar-refractivity contribution in [2.45, 2.75) is 42.6 Å². The molecule has 0 unspecified atom stereocenters. The van der Waals surface area contributed by atoms with E-state index in [1.807, 2.05) is 67.3 Å². The van der Waals surface area contributed by atoms with Crippen LogP contribution in [0.25, 0.3) is 11.0 Å². The van der Waals surface area contributed by atoms with Gasteiger partial charge in [-0.3, -0.25) is 14.7 Å². The molecule has 36 heavy (non-hydrogen) atoms. The van der Waals surface area contributed by atoms with Crippen molar-refractivity contribution in [3.63, 3.8) is 0 Å². The number of rotatable bonds is 13. The molecule has 2 heterocycles. The standard InChI is InChI=1S/C28H32N4O2S2/c1-3-34-27(33)19-32(18-22-10-5-4-6-11-22)16-9-17-35-26-14-15-29-25(21(26)2)20-36-28-30-23-12-7-8-13-24(23)31-28/h4-8,10-15H,3,9,16-20H2,1-2H3,(H,30,31). The Balaban J connectivity index is 1.29. The fourth-order valence-electron chi connectivity index (χ4n) is 3.91. The van der Waals surface area contributed by atoms with Gasteiger partial charge in [0.1, 0.15) is 0 Å². The maximum Gasteiger partial charge on any atom is 0.320 e. The largest absolute Gasteiger partial charge is 0.465 e. The molecule has 6 nitrogen and oxygen atoms in total. The first kappa shape index (κ1) is 26.3. The van der Waals surface area contributed by atoms with Gasteiger partial charge >= 0.3 is 5.97 Å². The minimum Gasteiger partial charge on any atom is -0.465 e. The molecule has 0 bridgehead atoms. The van der Waals surface area contributed by atoms with Gasteiger partial charge in [0.15, 0.2) is 5.16 Å². The molecule has 2 aromatic carbocycles. The van der Waals surface area contributed by atoms with E-state index in [2.05, 4.69) is 45.0 Å². The summed E-state index contributed by atoms with van der Waals surface area (Å²) in [5.41, 5.74) is 5.54. The predicted molar refractivity (Wildman–Crippen MR) is 148 cm³/mol. The van der Waals surface area contributed by atoms with Crippen LogP contribution in [0.15, 0.2) is 76.9 Å². The molecule has 0 aliphatic heterocycles. The van der Waals surface area contributed by atoms with Gasteiger partial charge in [-0.25, -0.2) is 4.98 Å². The number of benzene rings is 2. The highest BCUT2D eigenvalue weighted by atomic mass is 32.2. The van der Waals surface area contributed by atoms with E-state index in [0.29, 0.717) is 13.2 Å². The third-order valence-electron chi connectivity index (χ3n) is 5.76. The normalized spacial score (nSPS) is 11.3. The molecule has 2 aromatic heterocycles. The number of esters is 1. The van der Waals surface area contributed by atoms with Crippen molar-refractivity contribution >= 4 is 40.5 Å². The van der Waals surface area contributed by atoms with Crippen molar-refractivity contribution in [2.24, 2.45) is 0 Å². The Kier molecular flexibility index (Phi) is 9.84. The third kappa shape index (κ3) is 7.59. The Bertz CT molecular complexity index is 1230. The Morgan fingerprint density at radius 1 is 1.06 bits per heavy atom. The van der Waals surface area contributed by atoms with Crippen LogP contribution in [-0.2, 0) is 21.8 Å². The summed E-state index contributed by atoms with van der Waals surface area (Å²) >= 11 is 3.52. The summed E-state index contributed by atoms with van der Waals surface area (Å²) in [6.45, 7) is 6.28. The molecular weight excluding hydrogens is 488 g/mol. The Morgan fingerprint density at radius 3 is 2.67 bits per heavy atom. The monoisotopic (exact) mass is 520 g/mol. The lowest BCUT2D eigenvalue weighted by Gasteiger charge is -2.21. The van der Waals surface area contributed by atoms with Crippen LogP contribution in [0.5, 0.6) is 0 Å². The smallest absolute Gasteiger partial charge is 0.320 e. The first-order chi connectivity index (χ1) is 17.6. The van der Waals surface area contributed by atoms with Gasteiger partial charge in [0, 0.05) is 23.4 Å². The number of aromatic amines is 1. The summed E-state index contributed by atoms with van der Waals surface area (Å²) < 4.78 is 5.19. The number of ether oxygens (including phenoxy) is 1. The highest BCUT2D eigenvalue weighted by Gasteiger charge is 2.13. The number of nitrogens with one attached hydrogen (secondary N) is 1. The summed E-state index contributed by atoms with van der Waals surface area (Å²) in [6.07, 6.45) is 2.87. The highest BCUT2D eigenvalue weighted by Crippen LogP contribution is 2.28. The molecule has 0 fully saturated rings. The zero-order valence-corrected chi connectivity index (χ0v) is 22.4. The highest BCUT2D eigenvalue weighted by molar-refractivity contribution is 7.99. The first-order valence-electron chi connectivity index (χ1n) is 12.2. The topological polar surface area (TPSA) is 71.1 Å². The molecule has 188 valence electrons. The van der Waals surface area contributed by atoms with Crippen LogP contribution >= 0.6 is 23.5 Å². The Morgan fingerprint density at radius 2 is 1.86 bits per heavy atom. The van der Waals surface area contributed by atoms with Crippen molar-refractivity contribution in [3.8, 4) is 0 Å².